The van der Waals surface area contributed by atoms with Crippen LogP contribution >= 0.6 is 0 Å². The molecule has 2 rings (SSSR count). The number of ether oxygens (including phenoxy) is 2. The molecule has 0 aromatic rings. The van der Waals surface area contributed by atoms with Gasteiger partial charge < -0.3 is 42.1 Å². The van der Waals surface area contributed by atoms with Crippen molar-refractivity contribution in [2.75, 3.05) is 33.0 Å². The second-order valence-electron chi connectivity index (χ2n) is 4.93. The normalized spacial score (nSPS) is 13.9. The molecule has 2 fully saturated rings. The first-order valence-corrected chi connectivity index (χ1v) is 8.28. The minimum atomic E-state index is -0.0463. The van der Waals surface area contributed by atoms with Crippen molar-refractivity contribution in [3.63, 3.8) is 0 Å². The summed E-state index contributed by atoms with van der Waals surface area (Å²) in [7, 11) is 0.228. The van der Waals surface area contributed by atoms with Crippen LogP contribution in [0.1, 0.15) is 54.2 Å². The summed E-state index contributed by atoms with van der Waals surface area (Å²) >= 11 is 0. The van der Waals surface area contributed by atoms with Gasteiger partial charge in [0, 0.05) is 49.5 Å². The van der Waals surface area contributed by atoms with Gasteiger partial charge in [-0.3, -0.25) is 4.79 Å². The molecule has 0 aliphatic carbocycles. The monoisotopic (exact) mass is 512 g/mol. The number of aliphatic hydroxyl groups excluding tert-OH is 2. The van der Waals surface area contributed by atoms with Crippen molar-refractivity contribution in [2.45, 2.75) is 57.7 Å². The molecule has 0 saturated carbocycles. The van der Waals surface area contributed by atoms with Crippen molar-refractivity contribution >= 4 is 45.2 Å². The van der Waals surface area contributed by atoms with E-state index in [4.69, 9.17) is 24.3 Å². The molecule has 0 bridgehead atoms. The van der Waals surface area contributed by atoms with E-state index in [0.717, 1.165) is 51.6 Å². The van der Waals surface area contributed by atoms with Gasteiger partial charge in [-0.1, -0.05) is 0 Å². The Kier molecular flexibility index (Phi) is 102. The van der Waals surface area contributed by atoms with E-state index in [1.165, 1.54) is 6.42 Å². The van der Waals surface area contributed by atoms with Crippen molar-refractivity contribution in [3.05, 3.63) is 0 Å². The van der Waals surface area contributed by atoms with Crippen LogP contribution in [0.2, 0.25) is 0 Å². The standard InChI is InChI=1S/2C4H10BO2.C4H6O2.C4H10O2.2B.4Na.H2O.2H/c5-7-4-2-1-3-6-4;5-7-4-2-1-3-6;5-4-2-1-3-6-4;5-3-1-2-4-6;;;;;;;;;/h4H,1-3H2,5H3;3H,1-2,4H2,5H3;1-3H2;5-6H,1-4H2;;;;;;;1H2;;/q2*-1;;;;;4*+1;;2*-1. The maximum absolute atomic E-state index is 10.0. The summed E-state index contributed by atoms with van der Waals surface area (Å²) in [4.78, 5) is 19.7. The summed E-state index contributed by atoms with van der Waals surface area (Å²) in [5, 5.41) is 16.2. The zero-order valence-corrected chi connectivity index (χ0v) is 27.8. The van der Waals surface area contributed by atoms with Gasteiger partial charge in [0.25, 0.3) is 0 Å². The van der Waals surface area contributed by atoms with Gasteiger partial charge in [-0.15, -0.1) is 0 Å². The third kappa shape index (κ3) is 56.5. The van der Waals surface area contributed by atoms with Crippen LogP contribution in [0.25, 0.3) is 0 Å². The van der Waals surface area contributed by atoms with E-state index in [1.807, 2.05) is 0 Å². The molecule has 0 spiro atoms. The summed E-state index contributed by atoms with van der Waals surface area (Å²) in [6.45, 7) is 2.75. The topological polar surface area (TPSA) is 143 Å². The smallest absolute Gasteiger partial charge is 1.00 e. The summed E-state index contributed by atoms with van der Waals surface area (Å²) in [6, 6.07) is 0. The van der Waals surface area contributed by atoms with Crippen LogP contribution < -0.4 is 118 Å². The third-order valence-corrected chi connectivity index (χ3v) is 2.71. The van der Waals surface area contributed by atoms with Crippen molar-refractivity contribution in [3.8, 4) is 0 Å². The van der Waals surface area contributed by atoms with E-state index in [0.29, 0.717) is 19.4 Å². The Hall–Kier alpha value is 3.16. The second-order valence-corrected chi connectivity index (χ2v) is 4.93. The van der Waals surface area contributed by atoms with Gasteiger partial charge in [-0.05, 0) is 45.1 Å². The van der Waals surface area contributed by atoms with Crippen LogP contribution in [0.5, 0.6) is 0 Å². The number of carbonyl (C=O) groups excluding carboxylic acids is 2. The van der Waals surface area contributed by atoms with Gasteiger partial charge in [0.2, 0.25) is 0 Å². The molecule has 9 nitrogen and oxygen atoms in total. The van der Waals surface area contributed by atoms with Crippen LogP contribution in [0.3, 0.4) is 0 Å². The van der Waals surface area contributed by atoms with E-state index >= 15 is 0 Å². The van der Waals surface area contributed by atoms with Crippen LogP contribution in [-0.4, -0.2) is 100 Å². The van der Waals surface area contributed by atoms with Crippen molar-refractivity contribution in [1.82, 2.24) is 0 Å². The number of aliphatic hydroxyl groups is 2. The number of cyclic esters (lactones) is 1. The van der Waals surface area contributed by atoms with Gasteiger partial charge >= 0.3 is 124 Å². The molecule has 4 N–H and O–H groups in total. The molecule has 2 heterocycles. The fourth-order valence-electron chi connectivity index (χ4n) is 1.41. The van der Waals surface area contributed by atoms with Crippen molar-refractivity contribution in [1.29, 1.82) is 0 Å². The molecule has 2 aliphatic heterocycles. The average Bonchev–Trinajstić information content (AvgIpc) is 3.35. The number of hydrogen-bond donors (Lipinski definition) is 2. The minimum absolute atomic E-state index is 0. The van der Waals surface area contributed by atoms with E-state index in [1.54, 1.807) is 0 Å². The largest absolute Gasteiger partial charge is 1.00 e. The molecule has 6 radical (unpaired) electrons. The summed E-state index contributed by atoms with van der Waals surface area (Å²) < 4.78 is 19.7. The van der Waals surface area contributed by atoms with Gasteiger partial charge in [0.1, 0.15) is 12.6 Å². The molecule has 0 aromatic heterocycles. The number of carbonyl (C=O) groups is 2. The zero-order chi connectivity index (χ0) is 19.9. The number of aldehydes is 1. The molecule has 17 heteroatoms. The molecule has 0 amide bonds. The Bertz CT molecular complexity index is 327. The molecule has 2 saturated heterocycles. The second kappa shape index (κ2) is 55.6. The van der Waals surface area contributed by atoms with E-state index in [-0.39, 0.29) is 185 Å². The van der Waals surface area contributed by atoms with Crippen LogP contribution in [0.15, 0.2) is 0 Å². The molecule has 2 aliphatic rings. The summed E-state index contributed by atoms with van der Waals surface area (Å²) in [6.07, 6.45) is 8.00. The number of unbranched alkanes of at least 4 members (excludes halogenated alkanes) is 2. The van der Waals surface area contributed by atoms with E-state index < -0.39 is 0 Å². The SMILES string of the molecule is O.O=C1CCCO1.OCCCCO.[BH3-]OC1CCCO1.[BH3-]OCCCC=O.[B].[B].[H-].[H-].[Na+].[Na+].[Na+].[Na+]. The summed E-state index contributed by atoms with van der Waals surface area (Å²) in [5.74, 6) is -0.0463. The first-order chi connectivity index (χ1) is 12.7. The molecule has 1 atom stereocenters. The number of esters is 1. The molecule has 1 unspecified atom stereocenters. The van der Waals surface area contributed by atoms with Gasteiger partial charge in [0.05, 0.1) is 22.7 Å². The number of hydrogen-bond acceptors (Lipinski definition) is 8. The first-order valence-electron chi connectivity index (χ1n) is 8.28. The Morgan fingerprint density at radius 3 is 1.76 bits per heavy atom. The average molecular weight is 512 g/mol. The van der Waals surface area contributed by atoms with E-state index in [9.17, 15) is 9.59 Å². The van der Waals surface area contributed by atoms with E-state index in [2.05, 4.69) is 4.74 Å². The molecular weight excluding hydrogens is 471 g/mol. The minimum Gasteiger partial charge on any atom is -1.00 e. The third-order valence-electron chi connectivity index (χ3n) is 2.71. The van der Waals surface area contributed by atoms with Crippen LogP contribution in [0.4, 0.5) is 0 Å². The zero-order valence-electron chi connectivity index (χ0n) is 21.8. The quantitative estimate of drug-likeness (QED) is 0.142. The predicted molar refractivity (Wildman–Crippen MR) is 122 cm³/mol. The van der Waals surface area contributed by atoms with Crippen LogP contribution in [-0.2, 0) is 28.4 Å². The van der Waals surface area contributed by atoms with Crippen molar-refractivity contribution < 1.29 is 165 Å². The van der Waals surface area contributed by atoms with Gasteiger partial charge in [0.15, 0.2) is 0 Å². The Labute approximate surface area is 297 Å². The van der Waals surface area contributed by atoms with Gasteiger partial charge in [-0.25, -0.2) is 0 Å². The molecule has 0 aromatic carbocycles. The summed E-state index contributed by atoms with van der Waals surface area (Å²) in [5.41, 5.74) is 0. The Morgan fingerprint density at radius 2 is 1.55 bits per heavy atom. The molecule has 174 valence electrons. The van der Waals surface area contributed by atoms with Crippen LogP contribution in [0, 0.1) is 0 Å². The maximum Gasteiger partial charge on any atom is 1.00 e. The first kappa shape index (κ1) is 60.6. The maximum atomic E-state index is 10.0. The fourth-order valence-corrected chi connectivity index (χ4v) is 1.41. The Balaban J connectivity index is -0.0000000225. The fraction of sp³-hybridized carbons (Fsp3) is 0.875. The molecular formula is C16H40B4Na4O9. The molecule has 33 heavy (non-hydrogen) atoms. The Morgan fingerprint density at radius 1 is 1.00 bits per heavy atom. The predicted octanol–water partition coefficient (Wildman–Crippen LogP) is -14.6. The van der Waals surface area contributed by atoms with Gasteiger partial charge in [-0.2, -0.15) is 0 Å². The van der Waals surface area contributed by atoms with Crippen molar-refractivity contribution in [2.24, 2.45) is 0 Å². The number of rotatable bonds is 8.